The average Bonchev–Trinajstić information content (AvgIpc) is 2.58. The number of hydrogen-bond acceptors (Lipinski definition) is 0. The van der Waals surface area contributed by atoms with Crippen LogP contribution in [0.4, 0.5) is 0 Å². The molecular weight excluding hydrogens is 379 g/mol. The van der Waals surface area contributed by atoms with Crippen LogP contribution in [0.2, 0.25) is 0 Å². The predicted molar refractivity (Wildman–Crippen MR) is 140 cm³/mol. The van der Waals surface area contributed by atoms with Crippen molar-refractivity contribution in [2.24, 2.45) is 11.8 Å². The molecule has 0 aliphatic heterocycles. The maximum atomic E-state index is 2.52. The van der Waals surface area contributed by atoms with Crippen molar-refractivity contribution in [1.29, 1.82) is 0 Å². The fraction of sp³-hybridized carbons (Fsp3) is 0.655. The number of allylic oxidation sites excluding steroid dienone is 4. The SMILES string of the molecule is CC(C)C1=CC=C(c2ccccc2C(C)C)C(C(C)C)(P(C(C)(C)C)C(C)(C)C)C1. The monoisotopic (exact) mass is 426 g/mol. The predicted octanol–water partition coefficient (Wildman–Crippen LogP) is 9.65. The van der Waals surface area contributed by atoms with Gasteiger partial charge in [0.2, 0.25) is 0 Å². The fourth-order valence-corrected chi connectivity index (χ4v) is 11.6. The minimum Gasteiger partial charge on any atom is -0.0841 e. The zero-order valence-corrected chi connectivity index (χ0v) is 22.7. The first-order valence-corrected chi connectivity index (χ1v) is 13.3. The summed E-state index contributed by atoms with van der Waals surface area (Å²) in [5.74, 6) is 1.70. The van der Waals surface area contributed by atoms with E-state index in [2.05, 4.69) is 120 Å². The van der Waals surface area contributed by atoms with Crippen molar-refractivity contribution in [2.75, 3.05) is 0 Å². The van der Waals surface area contributed by atoms with E-state index in [4.69, 9.17) is 0 Å². The zero-order valence-electron chi connectivity index (χ0n) is 21.9. The third kappa shape index (κ3) is 4.80. The van der Waals surface area contributed by atoms with Gasteiger partial charge >= 0.3 is 0 Å². The molecule has 0 saturated carbocycles. The summed E-state index contributed by atoms with van der Waals surface area (Å²) in [6, 6.07) is 9.20. The Balaban J connectivity index is 2.94. The molecule has 1 aliphatic rings. The highest BCUT2D eigenvalue weighted by Gasteiger charge is 2.54. The summed E-state index contributed by atoms with van der Waals surface area (Å²) in [6.45, 7) is 29.4. The molecule has 0 amide bonds. The Hall–Kier alpha value is -0.870. The van der Waals surface area contributed by atoms with Crippen molar-refractivity contribution in [3.05, 3.63) is 53.1 Å². The summed E-state index contributed by atoms with van der Waals surface area (Å²) in [6.07, 6.45) is 6.17. The van der Waals surface area contributed by atoms with E-state index in [0.29, 0.717) is 17.8 Å². The van der Waals surface area contributed by atoms with Gasteiger partial charge in [0.15, 0.2) is 0 Å². The van der Waals surface area contributed by atoms with Crippen molar-refractivity contribution in [1.82, 2.24) is 0 Å². The lowest BCUT2D eigenvalue weighted by Gasteiger charge is -2.58. The van der Waals surface area contributed by atoms with E-state index in [1.807, 2.05) is 0 Å². The highest BCUT2D eigenvalue weighted by Crippen LogP contribution is 2.75. The molecule has 0 heterocycles. The molecular formula is C29H47P. The van der Waals surface area contributed by atoms with Crippen LogP contribution in [-0.4, -0.2) is 15.5 Å². The molecule has 1 aromatic carbocycles. The van der Waals surface area contributed by atoms with Crippen LogP contribution in [0.1, 0.15) is 107 Å². The van der Waals surface area contributed by atoms with Crippen molar-refractivity contribution < 1.29 is 0 Å². The fourth-order valence-electron chi connectivity index (χ4n) is 5.94. The van der Waals surface area contributed by atoms with Gasteiger partial charge in [-0.05, 0) is 51.2 Å². The van der Waals surface area contributed by atoms with Crippen LogP contribution < -0.4 is 0 Å². The lowest BCUT2D eigenvalue weighted by atomic mass is 9.72. The summed E-state index contributed by atoms with van der Waals surface area (Å²) in [5, 5.41) is 0.706. The Labute approximate surface area is 189 Å². The molecule has 1 atom stereocenters. The van der Waals surface area contributed by atoms with Crippen molar-refractivity contribution in [2.45, 2.75) is 111 Å². The van der Waals surface area contributed by atoms with E-state index in [-0.39, 0.29) is 23.4 Å². The van der Waals surface area contributed by atoms with Crippen LogP contribution in [0.3, 0.4) is 0 Å². The summed E-state index contributed by atoms with van der Waals surface area (Å²) >= 11 is 0. The quantitative estimate of drug-likeness (QED) is 0.411. The third-order valence-corrected chi connectivity index (χ3v) is 11.1. The normalized spacial score (nSPS) is 20.9. The maximum absolute atomic E-state index is 2.52. The van der Waals surface area contributed by atoms with E-state index in [1.54, 1.807) is 11.1 Å². The molecule has 0 saturated heterocycles. The molecule has 0 spiro atoms. The van der Waals surface area contributed by atoms with Crippen LogP contribution in [0.5, 0.6) is 0 Å². The van der Waals surface area contributed by atoms with Gasteiger partial charge in [0.1, 0.15) is 0 Å². The zero-order chi connectivity index (χ0) is 23.1. The van der Waals surface area contributed by atoms with Gasteiger partial charge in [-0.1, -0.05) is 133 Å². The second-order valence-corrected chi connectivity index (χ2v) is 16.3. The second kappa shape index (κ2) is 8.94. The van der Waals surface area contributed by atoms with Gasteiger partial charge in [-0.3, -0.25) is 0 Å². The average molecular weight is 427 g/mol. The first-order valence-electron chi connectivity index (χ1n) is 11.9. The molecule has 0 bridgehead atoms. The summed E-state index contributed by atoms with van der Waals surface area (Å²) in [5.41, 5.74) is 6.20. The molecule has 0 radical (unpaired) electrons. The molecule has 0 fully saturated rings. The highest BCUT2D eigenvalue weighted by molar-refractivity contribution is 7.63. The highest BCUT2D eigenvalue weighted by atomic mass is 31.1. The molecule has 1 unspecified atom stereocenters. The Morgan fingerprint density at radius 1 is 0.767 bits per heavy atom. The van der Waals surface area contributed by atoms with Crippen LogP contribution in [0.15, 0.2) is 42.0 Å². The minimum absolute atomic E-state index is 0.172. The lowest BCUT2D eigenvalue weighted by Crippen LogP contribution is -2.46. The van der Waals surface area contributed by atoms with E-state index in [0.717, 1.165) is 0 Å². The first-order chi connectivity index (χ1) is 13.6. The van der Waals surface area contributed by atoms with Gasteiger partial charge in [0.05, 0.1) is 0 Å². The van der Waals surface area contributed by atoms with E-state index >= 15 is 0 Å². The molecule has 0 nitrogen and oxygen atoms in total. The third-order valence-electron chi connectivity index (χ3n) is 6.71. The van der Waals surface area contributed by atoms with Crippen LogP contribution in [0.25, 0.3) is 5.57 Å². The molecule has 2 rings (SSSR count). The number of benzene rings is 1. The summed E-state index contributed by atoms with van der Waals surface area (Å²) in [7, 11) is -0.340. The van der Waals surface area contributed by atoms with Gasteiger partial charge in [-0.15, -0.1) is 0 Å². The Morgan fingerprint density at radius 2 is 1.30 bits per heavy atom. The standard InChI is InChI=1S/C29H47P/c1-20(2)23-17-18-26(25-16-14-13-15-24(25)21(3)4)29(19-23,22(5)6)30(27(7,8)9)28(10,11)12/h13-18,20-22H,19H2,1-12H3. The van der Waals surface area contributed by atoms with Crippen LogP contribution in [0, 0.1) is 11.8 Å². The maximum Gasteiger partial charge on any atom is 0.0230 e. The van der Waals surface area contributed by atoms with Crippen LogP contribution >= 0.6 is 7.92 Å². The first kappa shape index (κ1) is 25.4. The topological polar surface area (TPSA) is 0 Å². The van der Waals surface area contributed by atoms with E-state index in [9.17, 15) is 0 Å². The molecule has 0 aromatic heterocycles. The summed E-state index contributed by atoms with van der Waals surface area (Å²) in [4.78, 5) is 0. The Bertz CT molecular complexity index is 778. The Kier molecular flexibility index (Phi) is 7.56. The lowest BCUT2D eigenvalue weighted by molar-refractivity contribution is 0.469. The van der Waals surface area contributed by atoms with Gasteiger partial charge in [0.25, 0.3) is 0 Å². The molecule has 1 aromatic rings. The van der Waals surface area contributed by atoms with Crippen LogP contribution in [-0.2, 0) is 0 Å². The van der Waals surface area contributed by atoms with E-state index < -0.39 is 0 Å². The molecule has 168 valence electrons. The summed E-state index contributed by atoms with van der Waals surface area (Å²) < 4.78 is 0. The Morgan fingerprint density at radius 3 is 1.73 bits per heavy atom. The molecule has 1 heteroatoms. The largest absolute Gasteiger partial charge is 0.0841 e. The van der Waals surface area contributed by atoms with Gasteiger partial charge in [0, 0.05) is 5.16 Å². The molecule has 0 N–H and O–H groups in total. The van der Waals surface area contributed by atoms with Gasteiger partial charge < -0.3 is 0 Å². The van der Waals surface area contributed by atoms with Gasteiger partial charge in [-0.25, -0.2) is 0 Å². The minimum atomic E-state index is -0.340. The van der Waals surface area contributed by atoms with Gasteiger partial charge in [-0.2, -0.15) is 0 Å². The smallest absolute Gasteiger partial charge is 0.0230 e. The van der Waals surface area contributed by atoms with Crippen molar-refractivity contribution >= 4 is 13.5 Å². The second-order valence-electron chi connectivity index (χ2n) is 12.2. The number of rotatable bonds is 5. The van der Waals surface area contributed by atoms with Crippen molar-refractivity contribution in [3.8, 4) is 0 Å². The molecule has 1 aliphatic carbocycles. The number of hydrogen-bond donors (Lipinski definition) is 0. The molecule has 30 heavy (non-hydrogen) atoms. The van der Waals surface area contributed by atoms with Crippen molar-refractivity contribution in [3.63, 3.8) is 0 Å². The van der Waals surface area contributed by atoms with E-state index in [1.165, 1.54) is 17.5 Å².